The molecule has 0 saturated heterocycles. The zero-order chi connectivity index (χ0) is 87.4. The number of hydrogen-bond donors (Lipinski definition) is 3. The van der Waals surface area contributed by atoms with Gasteiger partial charge in [-0.05, 0) is 196 Å². The Morgan fingerprint density at radius 3 is 2.03 bits per heavy atom. The van der Waals surface area contributed by atoms with Gasteiger partial charge in [0.1, 0.15) is 80.3 Å². The van der Waals surface area contributed by atoms with E-state index in [0.717, 1.165) is 74.8 Å². The molecule has 121 heavy (non-hydrogen) atoms. The summed E-state index contributed by atoms with van der Waals surface area (Å²) < 4.78 is 129. The van der Waals surface area contributed by atoms with E-state index in [1.165, 1.54) is 70.0 Å². The topological polar surface area (TPSA) is 235 Å². The predicted molar refractivity (Wildman–Crippen MR) is 456 cm³/mol. The molecule has 6 heterocycles. The Balaban J connectivity index is 0.000000158. The summed E-state index contributed by atoms with van der Waals surface area (Å²) in [4.78, 5) is 77.7. The molecule has 1 atom stereocenters. The number of aromatic nitrogens is 9. The molecule has 20 nitrogen and oxygen atoms in total. The van der Waals surface area contributed by atoms with Gasteiger partial charge in [0.25, 0.3) is 22.6 Å². The van der Waals surface area contributed by atoms with Crippen molar-refractivity contribution in [2.45, 2.75) is 97.3 Å². The first-order valence-corrected chi connectivity index (χ1v) is 40.1. The highest BCUT2D eigenvalue weighted by Gasteiger charge is 2.25. The van der Waals surface area contributed by atoms with Crippen LogP contribution < -0.4 is 36.8 Å². The Labute approximate surface area is 711 Å². The number of aliphatic hydroxyl groups excluding tert-OH is 1. The number of ketones is 1. The molecule has 0 aliphatic carbocycles. The number of carbonyl (C=O) groups is 2. The number of anilines is 1. The fraction of sp³-hybridized carbons (Fsp3) is 0.213. The lowest BCUT2D eigenvalue weighted by molar-refractivity contribution is 0.0947. The molecule has 0 aliphatic heterocycles. The molecule has 6 aromatic heterocycles. The van der Waals surface area contributed by atoms with Crippen molar-refractivity contribution in [3.63, 3.8) is 0 Å². The largest absolute Gasteiger partial charge is 0.487 e. The van der Waals surface area contributed by atoms with Crippen molar-refractivity contribution in [3.8, 4) is 51.0 Å². The lowest BCUT2D eigenvalue weighted by Gasteiger charge is -2.18. The van der Waals surface area contributed by atoms with Crippen molar-refractivity contribution in [2.75, 3.05) is 39.1 Å². The molecule has 626 valence electrons. The minimum Gasteiger partial charge on any atom is -0.487 e. The number of ether oxygens (including phenoxy) is 2. The van der Waals surface area contributed by atoms with Crippen LogP contribution in [0.1, 0.15) is 89.2 Å². The van der Waals surface area contributed by atoms with Crippen molar-refractivity contribution in [1.29, 1.82) is 0 Å². The van der Waals surface area contributed by atoms with Gasteiger partial charge in [-0.25, -0.2) is 44.6 Å². The molecule has 0 fully saturated rings. The second-order valence-corrected chi connectivity index (χ2v) is 31.1. The minimum atomic E-state index is -0.931. The molecule has 3 N–H and O–H groups in total. The summed E-state index contributed by atoms with van der Waals surface area (Å²) in [6.45, 7) is 16.4. The van der Waals surface area contributed by atoms with E-state index in [2.05, 4.69) is 65.6 Å². The van der Waals surface area contributed by atoms with E-state index >= 15 is 0 Å². The number of benzene rings is 8. The highest BCUT2D eigenvalue weighted by atomic mass is 79.9. The molecule has 1 amide bonds. The third kappa shape index (κ3) is 21.6. The number of likely N-dealkylation sites (N-methyl/N-ethyl adjacent to an activating group) is 1. The van der Waals surface area contributed by atoms with E-state index in [1.807, 2.05) is 50.5 Å². The van der Waals surface area contributed by atoms with Gasteiger partial charge in [0.05, 0.1) is 46.8 Å². The standard InChI is InChI=1S/C24H21F3N4O2.C23H20BrF2NO3.C22H26F2N4O2.C20H12Cl2FN3OS/c1-3-15(12-32)28-24-29-21(16-8-7-14(25)11-13(16)2)17-9-10-20(33)31(23(17)30-24)22-18(26)5-4-6-19(22)27;1-4-20(28)15-6-5-13(2)19(10-15)27-14(3)9-21(22(24)23(27)29)30-12-16-7-8-17(25)11-18(16)26;1-14(2)13-28-19-11-17(22(29)25-7-8-27(3)4)21(9-15(19)12-26-28)30-20-6-5-16(23)10-18(20)24;1-11-5-6-17(15(23)7-11)28-19-8-12(20-13(21)3-2-4-14(20)22)16-9-18(27)24-10-26(16)25-19/h4-11,15,32H,3,12H2,1-2H3,(H,28,29,30);5-11H,4,12H2,1-3H3;5-6,9-12,14H,7-8,13H2,1-4H3,(H,25,29);2-10H,1H3. The Morgan fingerprint density at radius 1 is 0.678 bits per heavy atom. The van der Waals surface area contributed by atoms with Crippen LogP contribution >= 0.6 is 50.9 Å². The number of rotatable bonds is 23. The van der Waals surface area contributed by atoms with Crippen molar-refractivity contribution in [1.82, 2.24) is 53.7 Å². The summed E-state index contributed by atoms with van der Waals surface area (Å²) >= 11 is 17.2. The molecule has 14 aromatic rings. The maximum absolute atomic E-state index is 14.7. The number of carbonyl (C=O) groups excluding carboxylic acids is 2. The number of para-hydroxylation sites is 1. The number of Topliss-reactive ketones (excluding diaryl/α,β-unsaturated/α-hetero) is 1. The van der Waals surface area contributed by atoms with Crippen LogP contribution in [0, 0.1) is 80.2 Å². The molecule has 0 bridgehead atoms. The summed E-state index contributed by atoms with van der Waals surface area (Å²) in [5, 5.41) is 26.8. The van der Waals surface area contributed by atoms with Crippen LogP contribution in [-0.2, 0) is 13.2 Å². The summed E-state index contributed by atoms with van der Waals surface area (Å²) in [5.74, 6) is -5.22. The van der Waals surface area contributed by atoms with Crippen LogP contribution in [0.4, 0.5) is 41.1 Å². The van der Waals surface area contributed by atoms with Gasteiger partial charge in [-0.1, -0.05) is 93.0 Å². The number of nitrogens with zero attached hydrogens (tertiary/aromatic N) is 10. The van der Waals surface area contributed by atoms with Crippen LogP contribution in [0.25, 0.3) is 61.2 Å². The first-order valence-electron chi connectivity index (χ1n) is 37.7. The van der Waals surface area contributed by atoms with E-state index < -0.39 is 63.6 Å². The molecule has 8 aromatic carbocycles. The van der Waals surface area contributed by atoms with Gasteiger partial charge in [-0.3, -0.25) is 37.8 Å². The van der Waals surface area contributed by atoms with Crippen molar-refractivity contribution in [3.05, 3.63) is 314 Å². The molecular weight excluding hydrogens is 1700 g/mol. The van der Waals surface area contributed by atoms with Crippen LogP contribution in [0.5, 0.6) is 17.2 Å². The average molecular weight is 1780 g/mol. The predicted octanol–water partition coefficient (Wildman–Crippen LogP) is 19.7. The first kappa shape index (κ1) is 89.8. The van der Waals surface area contributed by atoms with Gasteiger partial charge in [0.15, 0.2) is 23.0 Å². The summed E-state index contributed by atoms with van der Waals surface area (Å²) in [5.41, 5.74) is 5.72. The number of hydrogen-bond acceptors (Lipinski definition) is 16. The molecule has 1 unspecified atom stereocenters. The van der Waals surface area contributed by atoms with Crippen LogP contribution in [-0.4, -0.2) is 105 Å². The first-order chi connectivity index (χ1) is 57.7. The Kier molecular flexibility index (Phi) is 29.7. The van der Waals surface area contributed by atoms with E-state index in [1.54, 1.807) is 99.8 Å². The quantitative estimate of drug-likeness (QED) is 0.0399. The average Bonchev–Trinajstić information content (AvgIpc) is 1.32. The Hall–Kier alpha value is -11.9. The maximum Gasteiger partial charge on any atom is 0.273 e. The third-order valence-corrected chi connectivity index (χ3v) is 21.1. The minimum absolute atomic E-state index is 0.0118. The van der Waals surface area contributed by atoms with E-state index in [0.29, 0.717) is 114 Å². The maximum atomic E-state index is 14.7. The summed E-state index contributed by atoms with van der Waals surface area (Å²) in [6, 6.07) is 39.5. The normalized spacial score (nSPS) is 11.4. The molecular formula is C89H79BrCl2F8N12O8S. The Morgan fingerprint density at radius 2 is 1.37 bits per heavy atom. The van der Waals surface area contributed by atoms with Crippen molar-refractivity contribution < 1.29 is 59.3 Å². The molecule has 14 rings (SSSR count). The molecule has 0 spiro atoms. The number of pyridine rings is 2. The summed E-state index contributed by atoms with van der Waals surface area (Å²) in [6.07, 6.45) is 3.92. The van der Waals surface area contributed by atoms with Gasteiger partial charge in [0.2, 0.25) is 5.95 Å². The van der Waals surface area contributed by atoms with Gasteiger partial charge in [0, 0.05) is 116 Å². The zero-order valence-corrected chi connectivity index (χ0v) is 70.7. The van der Waals surface area contributed by atoms with Crippen molar-refractivity contribution in [2.24, 2.45) is 5.92 Å². The van der Waals surface area contributed by atoms with E-state index in [4.69, 9.17) is 32.7 Å². The zero-order valence-electron chi connectivity index (χ0n) is 66.8. The molecule has 0 radical (unpaired) electrons. The third-order valence-electron chi connectivity index (χ3n) is 18.8. The van der Waals surface area contributed by atoms with Gasteiger partial charge >= 0.3 is 0 Å². The summed E-state index contributed by atoms with van der Waals surface area (Å²) in [7, 11) is 3.82. The van der Waals surface area contributed by atoms with Gasteiger partial charge in [-0.2, -0.15) is 20.2 Å². The number of aliphatic hydroxyl groups is 1. The fourth-order valence-electron chi connectivity index (χ4n) is 12.6. The molecule has 0 aliphatic rings. The van der Waals surface area contributed by atoms with Crippen LogP contribution in [0.2, 0.25) is 10.0 Å². The van der Waals surface area contributed by atoms with Crippen molar-refractivity contribution >= 4 is 96.0 Å². The number of amides is 1. The van der Waals surface area contributed by atoms with Crippen LogP contribution in [0.3, 0.4) is 0 Å². The van der Waals surface area contributed by atoms with E-state index in [-0.39, 0.29) is 80.7 Å². The van der Waals surface area contributed by atoms with Gasteiger partial charge in [-0.15, -0.1) is 0 Å². The second-order valence-electron chi connectivity index (χ2n) is 28.5. The lowest BCUT2D eigenvalue weighted by Crippen LogP contribution is -2.31. The molecule has 32 heteroatoms. The fourth-order valence-corrected chi connectivity index (χ4v) is 14.4. The highest BCUT2D eigenvalue weighted by molar-refractivity contribution is 9.10. The monoisotopic (exact) mass is 1780 g/mol. The SMILES string of the molecule is CC(C)Cn1ncc2cc(Oc3ccc(F)cc3F)c(C(=O)NCCN(C)C)cc21.CCC(=O)c1ccc(C)c(-n2c(C)cc(OCc3ccc(F)cc3F)c(Br)c2=O)c1.CCC(CO)Nc1nc(-c2ccc(F)cc2C)c2ccc(=O)n(-c3c(F)cccc3F)c2n1.Cc1ccc(Sc2cc(-c3c(Cl)cccc3Cl)c3cc(=O)ncn3n2)c(F)c1. The smallest absolute Gasteiger partial charge is 0.273 e. The van der Waals surface area contributed by atoms with Crippen LogP contribution in [0.15, 0.2) is 211 Å². The number of halogens is 11. The van der Waals surface area contributed by atoms with Gasteiger partial charge < -0.3 is 30.1 Å². The Bertz CT molecular complexity index is 6410. The lowest BCUT2D eigenvalue weighted by atomic mass is 10.0. The van der Waals surface area contributed by atoms with E-state index in [9.17, 15) is 64.2 Å². The molecule has 0 saturated carbocycles. The number of nitrogens with one attached hydrogen (secondary N) is 2. The number of fused-ring (bicyclic) bond motifs is 3. The number of aryl methyl sites for hydroxylation is 4. The second kappa shape index (κ2) is 40.0. The highest BCUT2D eigenvalue weighted by Crippen LogP contribution is 2.41.